The highest BCUT2D eigenvalue weighted by Crippen LogP contribution is 2.41. The molecule has 2 aliphatic heterocycles. The van der Waals surface area contributed by atoms with Crippen molar-refractivity contribution in [1.29, 1.82) is 0 Å². The van der Waals surface area contributed by atoms with Crippen molar-refractivity contribution >= 4 is 11.9 Å². The van der Waals surface area contributed by atoms with Crippen LogP contribution in [0.3, 0.4) is 0 Å². The van der Waals surface area contributed by atoms with Gasteiger partial charge in [0.15, 0.2) is 5.84 Å². The topological polar surface area (TPSA) is 61.1 Å². The molecule has 188 valence electrons. The predicted octanol–water partition coefficient (Wildman–Crippen LogP) is 5.78. The molecule has 0 bridgehead atoms. The molecule has 0 N–H and O–H groups in total. The maximum atomic E-state index is 12.7. The highest BCUT2D eigenvalue weighted by molar-refractivity contribution is 6.03. The minimum absolute atomic E-state index is 0.300. The highest BCUT2D eigenvalue weighted by Gasteiger charge is 2.46. The second-order valence-corrected chi connectivity index (χ2v) is 8.84. The fourth-order valence-corrected chi connectivity index (χ4v) is 4.60. The average molecular weight is 499 g/mol. The van der Waals surface area contributed by atoms with Gasteiger partial charge in [-0.3, -0.25) is 0 Å². The van der Waals surface area contributed by atoms with E-state index in [2.05, 4.69) is 14.9 Å². The van der Waals surface area contributed by atoms with Crippen molar-refractivity contribution < 1.29 is 27.5 Å². The van der Waals surface area contributed by atoms with Crippen molar-refractivity contribution in [1.82, 2.24) is 14.5 Å². The van der Waals surface area contributed by atoms with Crippen LogP contribution in [0.5, 0.6) is 11.5 Å². The Bertz CT molecular complexity index is 1350. The fraction of sp³-hybridized carbons (Fsp3) is 0.308. The van der Waals surface area contributed by atoms with Gasteiger partial charge >= 0.3 is 6.36 Å². The van der Waals surface area contributed by atoms with Gasteiger partial charge in [0.05, 0.1) is 24.8 Å². The van der Waals surface area contributed by atoms with Gasteiger partial charge in [0.1, 0.15) is 11.5 Å². The zero-order valence-corrected chi connectivity index (χ0v) is 20.0. The van der Waals surface area contributed by atoms with E-state index in [1.54, 1.807) is 26.4 Å². The number of methoxy groups -OCH3 is 1. The van der Waals surface area contributed by atoms with E-state index in [-0.39, 0.29) is 5.75 Å². The van der Waals surface area contributed by atoms with Crippen molar-refractivity contribution in [2.75, 3.05) is 13.7 Å². The number of amidine groups is 1. The van der Waals surface area contributed by atoms with Crippen LogP contribution in [0.25, 0.3) is 11.8 Å². The molecular weight excluding hydrogens is 473 g/mol. The summed E-state index contributed by atoms with van der Waals surface area (Å²) in [6, 6.07) is 11.7. The Kier molecular flexibility index (Phi) is 5.89. The van der Waals surface area contributed by atoms with Crippen LogP contribution in [0, 0.1) is 6.92 Å². The van der Waals surface area contributed by atoms with Gasteiger partial charge in [-0.1, -0.05) is 23.4 Å². The van der Waals surface area contributed by atoms with Crippen LogP contribution in [-0.4, -0.2) is 40.3 Å². The van der Waals surface area contributed by atoms with Crippen LogP contribution >= 0.6 is 0 Å². The summed E-state index contributed by atoms with van der Waals surface area (Å²) in [6.45, 7) is 4.37. The number of aryl methyl sites for hydroxylation is 1. The number of oxime groups is 1. The van der Waals surface area contributed by atoms with Crippen molar-refractivity contribution in [3.8, 4) is 17.2 Å². The lowest BCUT2D eigenvalue weighted by atomic mass is 9.95. The van der Waals surface area contributed by atoms with E-state index in [1.165, 1.54) is 18.2 Å². The third-order valence-corrected chi connectivity index (χ3v) is 6.33. The third-order valence-electron chi connectivity index (χ3n) is 6.33. The van der Waals surface area contributed by atoms with Crippen molar-refractivity contribution in [2.24, 2.45) is 5.16 Å². The van der Waals surface area contributed by atoms with Gasteiger partial charge in [-0.25, -0.2) is 4.98 Å². The first-order valence-electron chi connectivity index (χ1n) is 11.5. The summed E-state index contributed by atoms with van der Waals surface area (Å²) in [4.78, 5) is 12.1. The zero-order chi connectivity index (χ0) is 25.5. The summed E-state index contributed by atoms with van der Waals surface area (Å²) in [5.41, 5.74) is 3.15. The monoisotopic (exact) mass is 498 g/mol. The molecule has 0 saturated carbocycles. The number of rotatable bonds is 5. The number of hydrogen-bond donors (Lipinski definition) is 0. The van der Waals surface area contributed by atoms with E-state index in [0.717, 1.165) is 35.4 Å². The second-order valence-electron chi connectivity index (χ2n) is 8.84. The van der Waals surface area contributed by atoms with Gasteiger partial charge in [0, 0.05) is 25.2 Å². The maximum Gasteiger partial charge on any atom is 0.573 e. The summed E-state index contributed by atoms with van der Waals surface area (Å²) in [7, 11) is 1.62. The molecule has 0 radical (unpaired) electrons. The zero-order valence-electron chi connectivity index (χ0n) is 20.0. The summed E-state index contributed by atoms with van der Waals surface area (Å²) in [6.07, 6.45) is 2.56. The molecule has 1 saturated heterocycles. The highest BCUT2D eigenvalue weighted by atomic mass is 19.4. The SMILES string of the molecule is COc1cc(C=C2CCCN3C2=NOC3(C)c2cccc(OC(F)(F)F)c2)ccc1-n1cnc(C)c1. The Morgan fingerprint density at radius 1 is 1.17 bits per heavy atom. The van der Waals surface area contributed by atoms with E-state index in [9.17, 15) is 13.2 Å². The van der Waals surface area contributed by atoms with Crippen LogP contribution in [0.4, 0.5) is 13.2 Å². The number of nitrogens with zero attached hydrogens (tertiary/aromatic N) is 4. The summed E-state index contributed by atoms with van der Waals surface area (Å²) in [5.74, 6) is 1.07. The quantitative estimate of drug-likeness (QED) is 0.446. The van der Waals surface area contributed by atoms with Crippen molar-refractivity contribution in [3.63, 3.8) is 0 Å². The predicted molar refractivity (Wildman–Crippen MR) is 128 cm³/mol. The molecule has 5 rings (SSSR count). The molecule has 36 heavy (non-hydrogen) atoms. The molecule has 0 spiro atoms. The van der Waals surface area contributed by atoms with Crippen LogP contribution in [-0.2, 0) is 10.6 Å². The maximum absolute atomic E-state index is 12.7. The first kappa shape index (κ1) is 23.8. The Balaban J connectivity index is 1.43. The van der Waals surface area contributed by atoms with Gasteiger partial charge < -0.3 is 23.8 Å². The fourth-order valence-electron chi connectivity index (χ4n) is 4.60. The molecule has 0 aliphatic carbocycles. The number of fused-ring (bicyclic) bond motifs is 1. The molecule has 3 aromatic rings. The molecule has 1 fully saturated rings. The average Bonchev–Trinajstić information content (AvgIpc) is 3.43. The Hall–Kier alpha value is -3.95. The molecule has 1 aromatic heterocycles. The molecule has 2 aliphatic rings. The smallest absolute Gasteiger partial charge is 0.495 e. The Labute approximate surface area is 206 Å². The number of alkyl halides is 3. The van der Waals surface area contributed by atoms with E-state index >= 15 is 0 Å². The Morgan fingerprint density at radius 2 is 2.00 bits per heavy atom. The first-order valence-corrected chi connectivity index (χ1v) is 11.5. The van der Waals surface area contributed by atoms with Gasteiger partial charge in [0.2, 0.25) is 5.72 Å². The van der Waals surface area contributed by atoms with Crippen LogP contribution in [0.2, 0.25) is 0 Å². The van der Waals surface area contributed by atoms with Crippen molar-refractivity contribution in [3.05, 3.63) is 77.4 Å². The largest absolute Gasteiger partial charge is 0.573 e. The van der Waals surface area contributed by atoms with Gasteiger partial charge in [-0.15, -0.1) is 13.2 Å². The summed E-state index contributed by atoms with van der Waals surface area (Å²) in [5, 5.41) is 4.35. The lowest BCUT2D eigenvalue weighted by molar-refractivity contribution is -0.274. The molecule has 3 heterocycles. The molecule has 0 amide bonds. The first-order chi connectivity index (χ1) is 17.2. The van der Waals surface area contributed by atoms with E-state index < -0.39 is 12.1 Å². The number of aromatic nitrogens is 2. The summed E-state index contributed by atoms with van der Waals surface area (Å²) >= 11 is 0. The molecule has 1 unspecified atom stereocenters. The van der Waals surface area contributed by atoms with E-state index in [1.807, 2.05) is 46.9 Å². The number of imidazole rings is 1. The Morgan fingerprint density at radius 3 is 2.72 bits per heavy atom. The van der Waals surface area contributed by atoms with E-state index in [4.69, 9.17) is 9.57 Å². The van der Waals surface area contributed by atoms with Gasteiger partial charge in [0.25, 0.3) is 0 Å². The van der Waals surface area contributed by atoms with Crippen LogP contribution in [0.15, 0.2) is 65.7 Å². The lowest BCUT2D eigenvalue weighted by Crippen LogP contribution is -2.47. The number of piperidine rings is 1. The minimum atomic E-state index is -4.77. The number of ether oxygens (including phenoxy) is 2. The van der Waals surface area contributed by atoms with Crippen molar-refractivity contribution in [2.45, 2.75) is 38.8 Å². The molecular formula is C26H25F3N4O3. The normalized spacial score (nSPS) is 20.7. The van der Waals surface area contributed by atoms with Crippen LogP contribution < -0.4 is 9.47 Å². The second kappa shape index (κ2) is 8.92. The summed E-state index contributed by atoms with van der Waals surface area (Å²) < 4.78 is 49.9. The standard InChI is InChI=1S/C26H25F3N4O3/c1-17-15-32(16-30-17)22-10-9-18(13-23(22)34-3)12-19-6-5-11-33-24(19)31-36-25(33,2)20-7-4-8-21(14-20)35-26(27,28)29/h4,7-10,12-16H,5-6,11H2,1-3H3. The number of halogens is 3. The molecule has 1 atom stereocenters. The lowest BCUT2D eigenvalue weighted by Gasteiger charge is -2.37. The number of hydrogen-bond acceptors (Lipinski definition) is 6. The van der Waals surface area contributed by atoms with Gasteiger partial charge in [-0.05, 0) is 61.2 Å². The number of benzene rings is 2. The third kappa shape index (κ3) is 4.50. The van der Waals surface area contributed by atoms with Gasteiger partial charge in [-0.2, -0.15) is 0 Å². The molecule has 2 aromatic carbocycles. The van der Waals surface area contributed by atoms with Crippen LogP contribution in [0.1, 0.15) is 36.6 Å². The van der Waals surface area contributed by atoms with E-state index in [0.29, 0.717) is 23.7 Å². The minimum Gasteiger partial charge on any atom is -0.495 e. The molecule has 7 nitrogen and oxygen atoms in total. The molecule has 10 heteroatoms.